The minimum Gasteiger partial charge on any atom is -0.480 e. The SMILES string of the molecule is C=CCOCCCOCC(=O)O.C=CCOCCCOCC(=O)OC. The molecule has 1 N–H and O–H groups in total. The molecule has 0 spiro atoms. The molecule has 0 aromatic rings. The van der Waals surface area contributed by atoms with E-state index in [1.807, 2.05) is 0 Å². The van der Waals surface area contributed by atoms with Crippen molar-refractivity contribution in [3.05, 3.63) is 25.3 Å². The van der Waals surface area contributed by atoms with Gasteiger partial charge in [-0.2, -0.15) is 0 Å². The fourth-order valence-corrected chi connectivity index (χ4v) is 1.23. The van der Waals surface area contributed by atoms with Crippen LogP contribution in [0.25, 0.3) is 0 Å². The zero-order valence-electron chi connectivity index (χ0n) is 14.9. The first-order valence-electron chi connectivity index (χ1n) is 7.89. The molecule has 0 aliphatic heterocycles. The number of carbonyl (C=O) groups is 2. The van der Waals surface area contributed by atoms with Crippen LogP contribution in [-0.2, 0) is 33.3 Å². The van der Waals surface area contributed by atoms with Crippen LogP contribution >= 0.6 is 0 Å². The Hall–Kier alpha value is -1.74. The maximum absolute atomic E-state index is 10.6. The zero-order valence-corrected chi connectivity index (χ0v) is 14.9. The summed E-state index contributed by atoms with van der Waals surface area (Å²) in [5.41, 5.74) is 0. The highest BCUT2D eigenvalue weighted by Crippen LogP contribution is 1.87. The molecule has 0 aliphatic rings. The number of methoxy groups -OCH3 is 1. The van der Waals surface area contributed by atoms with Crippen LogP contribution in [0.2, 0.25) is 0 Å². The van der Waals surface area contributed by atoms with Gasteiger partial charge >= 0.3 is 11.9 Å². The molecular formula is C17H30O8. The van der Waals surface area contributed by atoms with Gasteiger partial charge in [0, 0.05) is 26.4 Å². The lowest BCUT2D eigenvalue weighted by molar-refractivity contribution is -0.146. The summed E-state index contributed by atoms with van der Waals surface area (Å²) in [4.78, 5) is 20.5. The standard InChI is InChI=1S/C9H16O4.C8H14O4/c1-3-5-12-6-4-7-13-8-9(10)11-2;1-2-4-11-5-3-6-12-7-8(9)10/h3H,1,4-8H2,2H3;2H,1,3-7H2,(H,9,10). The first kappa shape index (κ1) is 25.5. The van der Waals surface area contributed by atoms with Gasteiger partial charge in [0.2, 0.25) is 0 Å². The van der Waals surface area contributed by atoms with Crippen LogP contribution < -0.4 is 0 Å². The van der Waals surface area contributed by atoms with Crippen LogP contribution in [0.4, 0.5) is 0 Å². The van der Waals surface area contributed by atoms with E-state index in [0.717, 1.165) is 6.42 Å². The Balaban J connectivity index is 0. The molecular weight excluding hydrogens is 332 g/mol. The van der Waals surface area contributed by atoms with Crippen molar-refractivity contribution in [2.45, 2.75) is 12.8 Å². The van der Waals surface area contributed by atoms with Crippen LogP contribution in [0.3, 0.4) is 0 Å². The van der Waals surface area contributed by atoms with Crippen molar-refractivity contribution in [1.29, 1.82) is 0 Å². The third-order valence-corrected chi connectivity index (χ3v) is 2.30. The Morgan fingerprint density at radius 2 is 1.28 bits per heavy atom. The molecule has 0 aromatic carbocycles. The van der Waals surface area contributed by atoms with E-state index in [-0.39, 0.29) is 19.2 Å². The predicted octanol–water partition coefficient (Wildman–Crippen LogP) is 1.45. The van der Waals surface area contributed by atoms with Crippen molar-refractivity contribution in [1.82, 2.24) is 0 Å². The van der Waals surface area contributed by atoms with Crippen LogP contribution in [0.5, 0.6) is 0 Å². The molecule has 0 fully saturated rings. The second-order valence-corrected chi connectivity index (χ2v) is 4.51. The van der Waals surface area contributed by atoms with Gasteiger partial charge in [-0.1, -0.05) is 12.2 Å². The lowest BCUT2D eigenvalue weighted by atomic mass is 10.5. The average molecular weight is 362 g/mol. The van der Waals surface area contributed by atoms with Crippen LogP contribution in [0.15, 0.2) is 25.3 Å². The van der Waals surface area contributed by atoms with E-state index in [1.165, 1.54) is 7.11 Å². The third kappa shape index (κ3) is 27.4. The summed E-state index contributed by atoms with van der Waals surface area (Å²) in [7, 11) is 1.33. The molecule has 0 amide bonds. The van der Waals surface area contributed by atoms with Gasteiger partial charge in [0.1, 0.15) is 13.2 Å². The Labute approximate surface area is 149 Å². The fourth-order valence-electron chi connectivity index (χ4n) is 1.23. The molecule has 0 aliphatic carbocycles. The smallest absolute Gasteiger partial charge is 0.331 e. The van der Waals surface area contributed by atoms with Gasteiger partial charge in [-0.15, -0.1) is 13.2 Å². The Bertz CT molecular complexity index is 344. The van der Waals surface area contributed by atoms with Crippen molar-refractivity contribution in [2.24, 2.45) is 0 Å². The highest BCUT2D eigenvalue weighted by Gasteiger charge is 1.98. The number of hydrogen-bond donors (Lipinski definition) is 1. The van der Waals surface area contributed by atoms with Gasteiger partial charge in [0.15, 0.2) is 0 Å². The summed E-state index contributed by atoms with van der Waals surface area (Å²) >= 11 is 0. The molecule has 8 nitrogen and oxygen atoms in total. The van der Waals surface area contributed by atoms with E-state index >= 15 is 0 Å². The molecule has 8 heteroatoms. The first-order chi connectivity index (χ1) is 12.1. The lowest BCUT2D eigenvalue weighted by Crippen LogP contribution is -2.11. The monoisotopic (exact) mass is 362 g/mol. The van der Waals surface area contributed by atoms with E-state index in [1.54, 1.807) is 12.2 Å². The second-order valence-electron chi connectivity index (χ2n) is 4.51. The summed E-state index contributed by atoms with van der Waals surface area (Å²) in [6.07, 6.45) is 4.83. The largest absolute Gasteiger partial charge is 0.480 e. The van der Waals surface area contributed by atoms with Crippen molar-refractivity contribution >= 4 is 11.9 Å². The van der Waals surface area contributed by atoms with Crippen LogP contribution in [-0.4, -0.2) is 77.0 Å². The summed E-state index contributed by atoms with van der Waals surface area (Å²) in [6, 6.07) is 0. The van der Waals surface area contributed by atoms with Crippen molar-refractivity contribution in [3.63, 3.8) is 0 Å². The molecule has 0 rings (SSSR count). The number of carbonyl (C=O) groups excluding carboxylic acids is 1. The number of aliphatic carboxylic acids is 1. The summed E-state index contributed by atoms with van der Waals surface area (Å²) < 4.78 is 24.3. The minimum absolute atomic E-state index is 0.0119. The van der Waals surface area contributed by atoms with Gasteiger partial charge in [-0.3, -0.25) is 0 Å². The summed E-state index contributed by atoms with van der Waals surface area (Å²) in [5, 5.41) is 8.18. The molecule has 0 bridgehead atoms. The topological polar surface area (TPSA) is 101 Å². The van der Waals surface area contributed by atoms with E-state index < -0.39 is 5.97 Å². The molecule has 0 saturated carbocycles. The molecule has 0 aromatic heterocycles. The Morgan fingerprint density at radius 1 is 0.840 bits per heavy atom. The lowest BCUT2D eigenvalue weighted by Gasteiger charge is -2.02. The Kier molecular flexibility index (Phi) is 22.7. The van der Waals surface area contributed by atoms with E-state index in [9.17, 15) is 9.59 Å². The molecule has 0 radical (unpaired) electrons. The molecule has 0 unspecified atom stereocenters. The molecule has 0 saturated heterocycles. The quantitative estimate of drug-likeness (QED) is 0.250. The minimum atomic E-state index is -0.943. The molecule has 0 atom stereocenters. The maximum atomic E-state index is 10.6. The van der Waals surface area contributed by atoms with Gasteiger partial charge in [-0.25, -0.2) is 9.59 Å². The fraction of sp³-hybridized carbons (Fsp3) is 0.647. The van der Waals surface area contributed by atoms with Gasteiger partial charge < -0.3 is 28.8 Å². The number of hydrogen-bond acceptors (Lipinski definition) is 7. The van der Waals surface area contributed by atoms with E-state index in [0.29, 0.717) is 46.1 Å². The number of ether oxygens (including phenoxy) is 5. The van der Waals surface area contributed by atoms with Crippen molar-refractivity contribution in [3.8, 4) is 0 Å². The van der Waals surface area contributed by atoms with E-state index in [4.69, 9.17) is 24.1 Å². The van der Waals surface area contributed by atoms with Crippen LogP contribution in [0.1, 0.15) is 12.8 Å². The molecule has 0 heterocycles. The second kappa shape index (κ2) is 22.3. The molecule has 25 heavy (non-hydrogen) atoms. The van der Waals surface area contributed by atoms with Gasteiger partial charge in [0.05, 0.1) is 20.3 Å². The third-order valence-electron chi connectivity index (χ3n) is 2.30. The van der Waals surface area contributed by atoms with Gasteiger partial charge in [-0.05, 0) is 12.8 Å². The maximum Gasteiger partial charge on any atom is 0.331 e. The average Bonchev–Trinajstić information content (AvgIpc) is 2.60. The van der Waals surface area contributed by atoms with E-state index in [2.05, 4.69) is 17.9 Å². The van der Waals surface area contributed by atoms with Gasteiger partial charge in [0.25, 0.3) is 0 Å². The number of esters is 1. The number of carboxylic acids is 1. The Morgan fingerprint density at radius 3 is 1.68 bits per heavy atom. The summed E-state index contributed by atoms with van der Waals surface area (Å²) in [5.74, 6) is -1.30. The highest BCUT2D eigenvalue weighted by atomic mass is 16.6. The normalized spacial score (nSPS) is 9.64. The molecule has 146 valence electrons. The van der Waals surface area contributed by atoms with Crippen LogP contribution in [0, 0.1) is 0 Å². The highest BCUT2D eigenvalue weighted by molar-refractivity contribution is 5.70. The number of carboxylic acid groups (broad SMARTS) is 1. The van der Waals surface area contributed by atoms with Crippen molar-refractivity contribution < 1.29 is 38.4 Å². The predicted molar refractivity (Wildman–Crippen MR) is 92.6 cm³/mol. The van der Waals surface area contributed by atoms with Crippen molar-refractivity contribution in [2.75, 3.05) is 60.0 Å². The summed E-state index contributed by atoms with van der Waals surface area (Å²) in [6.45, 7) is 9.97. The number of rotatable bonds is 16. The first-order valence-corrected chi connectivity index (χ1v) is 7.89. The zero-order chi connectivity index (χ0) is 19.2.